The summed E-state index contributed by atoms with van der Waals surface area (Å²) in [5.41, 5.74) is 2.18. The molecule has 3 heteroatoms. The average molecular weight is 188 g/mol. The van der Waals surface area contributed by atoms with Gasteiger partial charge in [0, 0.05) is 35.9 Å². The molecule has 1 N–H and O–H groups in total. The number of hydrogen-bond acceptors (Lipinski definition) is 2. The van der Waals surface area contributed by atoms with Crippen molar-refractivity contribution in [3.05, 3.63) is 30.0 Å². The van der Waals surface area contributed by atoms with E-state index in [1.807, 2.05) is 30.6 Å². The van der Waals surface area contributed by atoms with Gasteiger partial charge >= 0.3 is 0 Å². The zero-order chi connectivity index (χ0) is 9.97. The van der Waals surface area contributed by atoms with Gasteiger partial charge in [-0.05, 0) is 18.2 Å². The maximum Gasteiger partial charge on any atom is 0.119 e. The Morgan fingerprint density at radius 2 is 2.29 bits per heavy atom. The highest BCUT2D eigenvalue weighted by molar-refractivity contribution is 5.99. The third-order valence-corrected chi connectivity index (χ3v) is 2.19. The highest BCUT2D eigenvalue weighted by Crippen LogP contribution is 2.22. The van der Waals surface area contributed by atoms with Crippen LogP contribution in [-0.2, 0) is 0 Å². The van der Waals surface area contributed by atoms with Crippen molar-refractivity contribution in [3.63, 3.8) is 0 Å². The highest BCUT2D eigenvalue weighted by Gasteiger charge is 2.02. The summed E-state index contributed by atoms with van der Waals surface area (Å²) in [7, 11) is 3.43. The van der Waals surface area contributed by atoms with E-state index in [0.29, 0.717) is 0 Å². The van der Waals surface area contributed by atoms with Gasteiger partial charge in [0.2, 0.25) is 0 Å². The smallest absolute Gasteiger partial charge is 0.119 e. The summed E-state index contributed by atoms with van der Waals surface area (Å²) in [6.45, 7) is 0. The van der Waals surface area contributed by atoms with Crippen LogP contribution < -0.4 is 4.74 Å². The first-order chi connectivity index (χ1) is 6.85. The number of ether oxygens (including phenoxy) is 1. The molecule has 0 amide bonds. The van der Waals surface area contributed by atoms with E-state index in [4.69, 9.17) is 4.74 Å². The van der Waals surface area contributed by atoms with E-state index in [1.165, 1.54) is 0 Å². The van der Waals surface area contributed by atoms with Crippen LogP contribution in [0, 0.1) is 0 Å². The predicted molar refractivity (Wildman–Crippen MR) is 58.4 cm³/mol. The van der Waals surface area contributed by atoms with Crippen molar-refractivity contribution in [1.82, 2.24) is 4.98 Å². The van der Waals surface area contributed by atoms with Gasteiger partial charge < -0.3 is 9.72 Å². The molecule has 0 bridgehead atoms. The summed E-state index contributed by atoms with van der Waals surface area (Å²) >= 11 is 0. The fourth-order valence-corrected chi connectivity index (χ4v) is 1.49. The van der Waals surface area contributed by atoms with Gasteiger partial charge in [0.05, 0.1) is 7.11 Å². The van der Waals surface area contributed by atoms with E-state index in [9.17, 15) is 0 Å². The number of nitrogens with one attached hydrogen (secondary N) is 1. The quantitative estimate of drug-likeness (QED) is 0.721. The van der Waals surface area contributed by atoms with Crippen molar-refractivity contribution in [2.75, 3.05) is 14.2 Å². The van der Waals surface area contributed by atoms with Gasteiger partial charge in [-0.2, -0.15) is 0 Å². The van der Waals surface area contributed by atoms with Gasteiger partial charge in [0.15, 0.2) is 0 Å². The molecule has 14 heavy (non-hydrogen) atoms. The van der Waals surface area contributed by atoms with Crippen molar-refractivity contribution in [2.24, 2.45) is 4.99 Å². The molecule has 1 heterocycles. The molecule has 1 aromatic carbocycles. The summed E-state index contributed by atoms with van der Waals surface area (Å²) in [6, 6.07) is 5.94. The molecule has 0 aliphatic carbocycles. The minimum Gasteiger partial charge on any atom is -0.497 e. The Labute approximate surface area is 82.4 Å². The van der Waals surface area contributed by atoms with Crippen LogP contribution in [0.5, 0.6) is 5.75 Å². The summed E-state index contributed by atoms with van der Waals surface area (Å²) in [5, 5.41) is 1.13. The molecular formula is C11H12N2O. The second-order valence-corrected chi connectivity index (χ2v) is 3.04. The molecule has 0 saturated carbocycles. The largest absolute Gasteiger partial charge is 0.497 e. The zero-order valence-electron chi connectivity index (χ0n) is 8.24. The molecule has 2 aromatic rings. The van der Waals surface area contributed by atoms with E-state index >= 15 is 0 Å². The number of aromatic nitrogens is 1. The Morgan fingerprint density at radius 1 is 1.43 bits per heavy atom. The van der Waals surface area contributed by atoms with Crippen LogP contribution >= 0.6 is 0 Å². The van der Waals surface area contributed by atoms with Gasteiger partial charge in [-0.25, -0.2) is 0 Å². The molecule has 0 atom stereocenters. The van der Waals surface area contributed by atoms with Crippen LogP contribution in [-0.4, -0.2) is 25.4 Å². The molecule has 72 valence electrons. The molecule has 2 rings (SSSR count). The lowest BCUT2D eigenvalue weighted by Crippen LogP contribution is -1.82. The van der Waals surface area contributed by atoms with Crippen LogP contribution in [0.25, 0.3) is 10.9 Å². The van der Waals surface area contributed by atoms with Gasteiger partial charge in [0.1, 0.15) is 5.75 Å². The first-order valence-electron chi connectivity index (χ1n) is 4.42. The number of nitrogens with zero attached hydrogens (tertiary/aromatic N) is 1. The second kappa shape index (κ2) is 3.54. The van der Waals surface area contributed by atoms with E-state index in [1.54, 1.807) is 14.2 Å². The Morgan fingerprint density at radius 3 is 3.00 bits per heavy atom. The van der Waals surface area contributed by atoms with Gasteiger partial charge in [-0.1, -0.05) is 0 Å². The molecule has 3 nitrogen and oxygen atoms in total. The standard InChI is InChI=1S/C11H12N2O/c1-12-6-8-7-13-11-4-3-9(14-2)5-10(8)11/h3-7,13H,1-2H3. The fraction of sp³-hybridized carbons (Fsp3) is 0.182. The molecule has 0 radical (unpaired) electrons. The summed E-state index contributed by atoms with van der Waals surface area (Å²) < 4.78 is 5.17. The topological polar surface area (TPSA) is 37.4 Å². The summed E-state index contributed by atoms with van der Waals surface area (Å²) in [6.07, 6.45) is 3.77. The van der Waals surface area contributed by atoms with E-state index < -0.39 is 0 Å². The van der Waals surface area contributed by atoms with Crippen LogP contribution in [0.15, 0.2) is 29.4 Å². The molecular weight excluding hydrogens is 176 g/mol. The lowest BCUT2D eigenvalue weighted by Gasteiger charge is -1.98. The van der Waals surface area contributed by atoms with Crippen LogP contribution in [0.4, 0.5) is 0 Å². The molecule has 0 aliphatic rings. The van der Waals surface area contributed by atoms with Crippen LogP contribution in [0.3, 0.4) is 0 Å². The number of rotatable bonds is 2. The normalized spacial score (nSPS) is 11.3. The van der Waals surface area contributed by atoms with Gasteiger partial charge in [-0.15, -0.1) is 0 Å². The third kappa shape index (κ3) is 1.37. The second-order valence-electron chi connectivity index (χ2n) is 3.04. The van der Waals surface area contributed by atoms with Crippen LogP contribution in [0.2, 0.25) is 0 Å². The molecule has 0 fully saturated rings. The Balaban J connectivity index is 2.63. The first kappa shape index (κ1) is 8.81. The maximum atomic E-state index is 5.17. The summed E-state index contributed by atoms with van der Waals surface area (Å²) in [5.74, 6) is 0.864. The van der Waals surface area contributed by atoms with Crippen molar-refractivity contribution < 1.29 is 4.74 Å². The summed E-state index contributed by atoms with van der Waals surface area (Å²) in [4.78, 5) is 7.18. The van der Waals surface area contributed by atoms with Crippen LogP contribution in [0.1, 0.15) is 5.56 Å². The van der Waals surface area contributed by atoms with Gasteiger partial charge in [-0.3, -0.25) is 4.99 Å². The number of hydrogen-bond donors (Lipinski definition) is 1. The van der Waals surface area contributed by atoms with Crippen molar-refractivity contribution in [2.45, 2.75) is 0 Å². The van der Waals surface area contributed by atoms with Crippen molar-refractivity contribution >= 4 is 17.1 Å². The average Bonchev–Trinajstić information content (AvgIpc) is 2.61. The van der Waals surface area contributed by atoms with E-state index in [2.05, 4.69) is 9.98 Å². The molecule has 0 spiro atoms. The minimum absolute atomic E-state index is 0.864. The molecule has 1 aromatic heterocycles. The maximum absolute atomic E-state index is 5.17. The zero-order valence-corrected chi connectivity index (χ0v) is 8.24. The Bertz CT molecular complexity index is 471. The predicted octanol–water partition coefficient (Wildman–Crippen LogP) is 2.23. The lowest BCUT2D eigenvalue weighted by atomic mass is 10.2. The number of benzene rings is 1. The lowest BCUT2D eigenvalue weighted by molar-refractivity contribution is 0.415. The van der Waals surface area contributed by atoms with E-state index in [-0.39, 0.29) is 0 Å². The minimum atomic E-state index is 0.864. The third-order valence-electron chi connectivity index (χ3n) is 2.19. The fourth-order valence-electron chi connectivity index (χ4n) is 1.49. The number of H-pyrrole nitrogens is 1. The number of aromatic amines is 1. The van der Waals surface area contributed by atoms with Crippen molar-refractivity contribution in [1.29, 1.82) is 0 Å². The number of methoxy groups -OCH3 is 1. The van der Waals surface area contributed by atoms with Crippen molar-refractivity contribution in [3.8, 4) is 5.75 Å². The molecule has 0 saturated heterocycles. The first-order valence-corrected chi connectivity index (χ1v) is 4.42. The van der Waals surface area contributed by atoms with E-state index in [0.717, 1.165) is 22.2 Å². The number of fused-ring (bicyclic) bond motifs is 1. The Kier molecular flexibility index (Phi) is 2.23. The van der Waals surface area contributed by atoms with Gasteiger partial charge in [0.25, 0.3) is 0 Å². The monoisotopic (exact) mass is 188 g/mol. The number of aliphatic imine (C=N–C) groups is 1. The Hall–Kier alpha value is -1.77. The molecule has 0 unspecified atom stereocenters. The SMILES string of the molecule is CN=Cc1c[nH]c2ccc(OC)cc12. The molecule has 0 aliphatic heterocycles. The highest BCUT2D eigenvalue weighted by atomic mass is 16.5.